The Morgan fingerprint density at radius 3 is 2.67 bits per heavy atom. The maximum absolute atomic E-state index is 12.8. The molecule has 0 fully saturated rings. The van der Waals surface area contributed by atoms with Gasteiger partial charge in [0.2, 0.25) is 0 Å². The summed E-state index contributed by atoms with van der Waals surface area (Å²) in [6.07, 6.45) is 0.696. The van der Waals surface area contributed by atoms with Crippen LogP contribution in [0, 0.1) is 6.92 Å². The number of rotatable bonds is 5. The molecule has 7 heteroatoms. The zero-order chi connectivity index (χ0) is 21.1. The van der Waals surface area contributed by atoms with Crippen molar-refractivity contribution in [1.29, 1.82) is 0 Å². The second-order valence-corrected chi connectivity index (χ2v) is 6.91. The lowest BCUT2D eigenvalue weighted by Gasteiger charge is -2.19. The molecular weight excluding hydrogens is 384 g/mol. The normalized spacial score (nSPS) is 12.5. The second-order valence-electron chi connectivity index (χ2n) is 6.91. The maximum atomic E-state index is 12.8. The van der Waals surface area contributed by atoms with E-state index >= 15 is 0 Å². The third-order valence-electron chi connectivity index (χ3n) is 4.94. The van der Waals surface area contributed by atoms with Gasteiger partial charge in [0.15, 0.2) is 18.1 Å². The number of ether oxygens (including phenoxy) is 3. The SMILES string of the molecule is CCc1nc2ccccc2c(C(=O)OCC(=O)Nc2ccc3c(c2)OCCO3)c1C. The summed E-state index contributed by atoms with van der Waals surface area (Å²) >= 11 is 0. The Kier molecular flexibility index (Phi) is 5.52. The number of benzene rings is 2. The molecule has 7 nitrogen and oxygen atoms in total. The monoisotopic (exact) mass is 406 g/mol. The Balaban J connectivity index is 1.47. The van der Waals surface area contributed by atoms with Gasteiger partial charge in [-0.2, -0.15) is 0 Å². The molecule has 0 saturated carbocycles. The van der Waals surface area contributed by atoms with Gasteiger partial charge >= 0.3 is 5.97 Å². The van der Waals surface area contributed by atoms with E-state index in [9.17, 15) is 9.59 Å². The summed E-state index contributed by atoms with van der Waals surface area (Å²) in [4.78, 5) is 29.8. The highest BCUT2D eigenvalue weighted by atomic mass is 16.6. The molecule has 0 unspecified atom stereocenters. The van der Waals surface area contributed by atoms with Crippen molar-refractivity contribution in [2.45, 2.75) is 20.3 Å². The van der Waals surface area contributed by atoms with Crippen LogP contribution < -0.4 is 14.8 Å². The van der Waals surface area contributed by atoms with Crippen LogP contribution in [0.4, 0.5) is 5.69 Å². The fraction of sp³-hybridized carbons (Fsp3) is 0.261. The molecule has 2 aromatic carbocycles. The number of esters is 1. The van der Waals surface area contributed by atoms with Gasteiger partial charge in [-0.25, -0.2) is 4.79 Å². The molecule has 1 aromatic heterocycles. The van der Waals surface area contributed by atoms with Crippen LogP contribution in [0.3, 0.4) is 0 Å². The topological polar surface area (TPSA) is 86.8 Å². The number of nitrogens with one attached hydrogen (secondary N) is 1. The van der Waals surface area contributed by atoms with Crippen molar-refractivity contribution in [2.75, 3.05) is 25.1 Å². The third-order valence-corrected chi connectivity index (χ3v) is 4.94. The highest BCUT2D eigenvalue weighted by molar-refractivity contribution is 6.06. The first-order valence-electron chi connectivity index (χ1n) is 9.81. The molecule has 2 heterocycles. The maximum Gasteiger partial charge on any atom is 0.339 e. The molecule has 1 aliphatic heterocycles. The van der Waals surface area contributed by atoms with Crippen LogP contribution in [0.5, 0.6) is 11.5 Å². The molecule has 0 bridgehead atoms. The second kappa shape index (κ2) is 8.41. The average molecular weight is 406 g/mol. The molecule has 0 atom stereocenters. The highest BCUT2D eigenvalue weighted by Crippen LogP contribution is 2.32. The van der Waals surface area contributed by atoms with E-state index in [0.29, 0.717) is 47.8 Å². The van der Waals surface area contributed by atoms with Gasteiger partial charge in [0.25, 0.3) is 5.91 Å². The van der Waals surface area contributed by atoms with Crippen molar-refractivity contribution in [2.24, 2.45) is 0 Å². The molecular formula is C23H22N2O5. The predicted octanol–water partition coefficient (Wildman–Crippen LogP) is 3.67. The summed E-state index contributed by atoms with van der Waals surface area (Å²) in [6, 6.07) is 12.5. The van der Waals surface area contributed by atoms with E-state index in [2.05, 4.69) is 10.3 Å². The number of pyridine rings is 1. The first kappa shape index (κ1) is 19.7. The van der Waals surface area contributed by atoms with Gasteiger partial charge < -0.3 is 19.5 Å². The van der Waals surface area contributed by atoms with E-state index in [1.165, 1.54) is 0 Å². The Morgan fingerprint density at radius 1 is 1.10 bits per heavy atom. The molecule has 1 aliphatic rings. The molecule has 154 valence electrons. The summed E-state index contributed by atoms with van der Waals surface area (Å²) < 4.78 is 16.3. The number of carbonyl (C=O) groups excluding carboxylic acids is 2. The van der Waals surface area contributed by atoms with Gasteiger partial charge in [-0.15, -0.1) is 0 Å². The van der Waals surface area contributed by atoms with Crippen LogP contribution >= 0.6 is 0 Å². The smallest absolute Gasteiger partial charge is 0.339 e. The lowest BCUT2D eigenvalue weighted by atomic mass is 10.0. The van der Waals surface area contributed by atoms with Crippen LogP contribution in [0.15, 0.2) is 42.5 Å². The molecule has 0 aliphatic carbocycles. The van der Waals surface area contributed by atoms with Crippen molar-refractivity contribution in [3.63, 3.8) is 0 Å². The first-order valence-corrected chi connectivity index (χ1v) is 9.81. The lowest BCUT2D eigenvalue weighted by Crippen LogP contribution is -2.22. The molecule has 0 radical (unpaired) electrons. The zero-order valence-electron chi connectivity index (χ0n) is 16.9. The van der Waals surface area contributed by atoms with E-state index in [0.717, 1.165) is 16.8 Å². The molecule has 1 N–H and O–H groups in total. The van der Waals surface area contributed by atoms with Crippen molar-refractivity contribution >= 4 is 28.5 Å². The number of fused-ring (bicyclic) bond motifs is 2. The summed E-state index contributed by atoms with van der Waals surface area (Å²) in [7, 11) is 0. The molecule has 4 rings (SSSR count). The van der Waals surface area contributed by atoms with E-state index in [1.54, 1.807) is 18.2 Å². The number of aromatic nitrogens is 1. The number of nitrogens with zero attached hydrogens (tertiary/aromatic N) is 1. The minimum absolute atomic E-state index is 0.398. The zero-order valence-corrected chi connectivity index (χ0v) is 16.9. The number of anilines is 1. The Labute approximate surface area is 174 Å². The molecule has 30 heavy (non-hydrogen) atoms. The van der Waals surface area contributed by atoms with Crippen molar-refractivity contribution in [3.8, 4) is 11.5 Å². The van der Waals surface area contributed by atoms with Crippen molar-refractivity contribution in [1.82, 2.24) is 4.98 Å². The van der Waals surface area contributed by atoms with Gasteiger partial charge in [-0.1, -0.05) is 25.1 Å². The molecule has 3 aromatic rings. The van der Waals surface area contributed by atoms with Crippen LogP contribution in [0.25, 0.3) is 10.9 Å². The fourth-order valence-electron chi connectivity index (χ4n) is 3.49. The largest absolute Gasteiger partial charge is 0.486 e. The van der Waals surface area contributed by atoms with Gasteiger partial charge in [0, 0.05) is 22.8 Å². The van der Waals surface area contributed by atoms with Gasteiger partial charge in [0.05, 0.1) is 11.1 Å². The Bertz CT molecular complexity index is 1130. The average Bonchev–Trinajstić information content (AvgIpc) is 2.77. The number of hydrogen-bond donors (Lipinski definition) is 1. The van der Waals surface area contributed by atoms with Crippen LogP contribution in [0.2, 0.25) is 0 Å². The summed E-state index contributed by atoms with van der Waals surface area (Å²) in [6.45, 7) is 4.40. The van der Waals surface area contributed by atoms with Gasteiger partial charge in [0.1, 0.15) is 13.2 Å². The van der Waals surface area contributed by atoms with Crippen LogP contribution in [-0.4, -0.2) is 36.7 Å². The first-order chi connectivity index (χ1) is 14.6. The number of amides is 1. The summed E-state index contributed by atoms with van der Waals surface area (Å²) in [5, 5.41) is 3.42. The lowest BCUT2D eigenvalue weighted by molar-refractivity contribution is -0.119. The number of para-hydroxylation sites is 1. The van der Waals surface area contributed by atoms with E-state index in [4.69, 9.17) is 14.2 Å². The predicted molar refractivity (Wildman–Crippen MR) is 112 cm³/mol. The van der Waals surface area contributed by atoms with E-state index in [-0.39, 0.29) is 0 Å². The minimum atomic E-state index is -0.543. The minimum Gasteiger partial charge on any atom is -0.486 e. The number of hydrogen-bond acceptors (Lipinski definition) is 6. The standard InChI is InChI=1S/C23H22N2O5/c1-3-17-14(2)22(16-6-4-5-7-18(16)25-17)23(27)30-13-21(26)24-15-8-9-19-20(12-15)29-11-10-28-19/h4-9,12H,3,10-11,13H2,1-2H3,(H,24,26). The fourth-order valence-corrected chi connectivity index (χ4v) is 3.49. The van der Waals surface area contributed by atoms with Crippen molar-refractivity contribution < 1.29 is 23.8 Å². The molecule has 1 amide bonds. The van der Waals surface area contributed by atoms with Gasteiger partial charge in [-0.05, 0) is 37.1 Å². The Hall–Kier alpha value is -3.61. The Morgan fingerprint density at radius 2 is 1.87 bits per heavy atom. The van der Waals surface area contributed by atoms with Crippen LogP contribution in [-0.2, 0) is 16.0 Å². The summed E-state index contributed by atoms with van der Waals surface area (Å²) in [5.41, 5.74) is 3.33. The number of carbonyl (C=O) groups is 2. The molecule has 0 spiro atoms. The summed E-state index contributed by atoms with van der Waals surface area (Å²) in [5.74, 6) is 0.226. The number of aryl methyl sites for hydroxylation is 1. The van der Waals surface area contributed by atoms with E-state index < -0.39 is 18.5 Å². The van der Waals surface area contributed by atoms with E-state index in [1.807, 2.05) is 38.1 Å². The van der Waals surface area contributed by atoms with Crippen molar-refractivity contribution in [3.05, 3.63) is 59.3 Å². The van der Waals surface area contributed by atoms with Gasteiger partial charge in [-0.3, -0.25) is 9.78 Å². The quantitative estimate of drug-likeness (QED) is 0.651. The third kappa shape index (κ3) is 3.91. The van der Waals surface area contributed by atoms with Crippen LogP contribution in [0.1, 0.15) is 28.5 Å². The molecule has 0 saturated heterocycles. The highest BCUT2D eigenvalue weighted by Gasteiger charge is 2.20.